The zero-order valence-electron chi connectivity index (χ0n) is 7.23. The van der Waals surface area contributed by atoms with Gasteiger partial charge in [0, 0.05) is 11.6 Å². The molecule has 1 heterocycles. The van der Waals surface area contributed by atoms with E-state index in [-0.39, 0.29) is 0 Å². The number of nitrogens with zero attached hydrogens (tertiary/aromatic N) is 1. The molecule has 0 aliphatic carbocycles. The maximum Gasteiger partial charge on any atom is 0.345 e. The van der Waals surface area contributed by atoms with Crippen LogP contribution in [0.15, 0.2) is 36.5 Å². The fourth-order valence-electron chi connectivity index (χ4n) is 1.24. The lowest BCUT2D eigenvalue weighted by Crippen LogP contribution is -2.02. The molecule has 2 rings (SSSR count). The summed E-state index contributed by atoms with van der Waals surface area (Å²) in [4.78, 5) is 15.3. The molecule has 0 N–H and O–H groups in total. The number of carbonyl (C=O) groups is 1. The lowest BCUT2D eigenvalue weighted by molar-refractivity contribution is 0.0749. The minimum absolute atomic E-state index is 0.429. The highest BCUT2D eigenvalue weighted by Gasteiger charge is 2.05. The third-order valence-corrected chi connectivity index (χ3v) is 2.10. The number of fused-ring (bicyclic) bond motifs is 1. The van der Waals surface area contributed by atoms with E-state index in [1.165, 1.54) is 6.20 Å². The monoisotopic (exact) mass is 200 g/mol. The first-order valence-corrected chi connectivity index (χ1v) is 4.45. The van der Waals surface area contributed by atoms with Crippen LogP contribution in [0.3, 0.4) is 0 Å². The van der Waals surface area contributed by atoms with Crippen LogP contribution in [0.5, 0.6) is 0 Å². The van der Waals surface area contributed by atoms with Crippen LogP contribution in [0.2, 0.25) is 0 Å². The summed E-state index contributed by atoms with van der Waals surface area (Å²) >= 11 is 0. The lowest BCUT2D eigenvalue weighted by Gasteiger charge is -2.00. The Morgan fingerprint density at radius 1 is 1.36 bits per heavy atom. The molecule has 0 fully saturated rings. The van der Waals surface area contributed by atoms with Gasteiger partial charge in [0.25, 0.3) is 0 Å². The van der Waals surface area contributed by atoms with Crippen LogP contribution in [0.1, 0.15) is 10.4 Å². The third-order valence-electron chi connectivity index (χ3n) is 1.92. The summed E-state index contributed by atoms with van der Waals surface area (Å²) in [5, 5.41) is 0.919. The Morgan fingerprint density at radius 3 is 2.93 bits per heavy atom. The maximum atomic E-state index is 11.1. The average molecular weight is 200 g/mol. The number of rotatable bonds is 1. The van der Waals surface area contributed by atoms with Gasteiger partial charge in [-0.05, 0) is 12.1 Å². The number of aromatic nitrogens is 1. The van der Waals surface area contributed by atoms with Gasteiger partial charge in [-0.25, -0.2) is 4.79 Å². The molecule has 0 spiro atoms. The molecule has 0 aliphatic rings. The fourth-order valence-corrected chi connectivity index (χ4v) is 1.36. The second kappa shape index (κ2) is 3.59. The van der Waals surface area contributed by atoms with Gasteiger partial charge in [-0.3, -0.25) is 4.98 Å². The van der Waals surface area contributed by atoms with Crippen LogP contribution in [0.25, 0.3) is 10.9 Å². The van der Waals surface area contributed by atoms with Crippen molar-refractivity contribution < 1.29 is 9.22 Å². The van der Waals surface area contributed by atoms with E-state index in [0.717, 1.165) is 10.9 Å². The van der Waals surface area contributed by atoms with Gasteiger partial charge in [-0.2, -0.15) is 0 Å². The maximum absolute atomic E-state index is 11.1. The quantitative estimate of drug-likeness (QED) is 0.654. The molecule has 3 nitrogen and oxygen atoms in total. The molecule has 14 heavy (non-hydrogen) atoms. The molecule has 0 saturated heterocycles. The fraction of sp³-hybridized carbons (Fsp3) is 0. The predicted octanol–water partition coefficient (Wildman–Crippen LogP) is 1.48. The molecule has 2 aromatic rings. The molecule has 0 aliphatic heterocycles. The van der Waals surface area contributed by atoms with Crippen molar-refractivity contribution in [2.45, 2.75) is 0 Å². The predicted molar refractivity (Wildman–Crippen MR) is 52.9 cm³/mol. The van der Waals surface area contributed by atoms with E-state index in [2.05, 4.69) is 19.9 Å². The van der Waals surface area contributed by atoms with E-state index in [9.17, 15) is 4.79 Å². The van der Waals surface area contributed by atoms with E-state index < -0.39 is 5.97 Å². The average Bonchev–Trinajstić information content (AvgIpc) is 2.27. The Hall–Kier alpha value is -1.68. The number of pyridine rings is 1. The highest BCUT2D eigenvalue weighted by Crippen LogP contribution is 2.12. The van der Waals surface area contributed by atoms with Crippen molar-refractivity contribution in [1.29, 1.82) is 0 Å². The van der Waals surface area contributed by atoms with Crippen molar-refractivity contribution in [2.75, 3.05) is 0 Å². The van der Waals surface area contributed by atoms with Gasteiger partial charge in [0.15, 0.2) is 0 Å². The van der Waals surface area contributed by atoms with Gasteiger partial charge < -0.3 is 4.43 Å². The first-order valence-electron chi connectivity index (χ1n) is 4.04. The van der Waals surface area contributed by atoms with E-state index in [4.69, 9.17) is 0 Å². The molecule has 1 aromatic heterocycles. The van der Waals surface area contributed by atoms with Gasteiger partial charge in [-0.1, -0.05) is 18.2 Å². The Labute approximate surface area is 84.3 Å². The first kappa shape index (κ1) is 8.90. The Bertz CT molecular complexity index is 484. The van der Waals surface area contributed by atoms with Crippen molar-refractivity contribution in [1.82, 2.24) is 4.98 Å². The molecule has 0 bridgehead atoms. The third kappa shape index (κ3) is 1.51. The van der Waals surface area contributed by atoms with Crippen LogP contribution in [-0.4, -0.2) is 21.4 Å². The Kier molecular flexibility index (Phi) is 2.28. The van der Waals surface area contributed by atoms with E-state index in [1.807, 2.05) is 24.3 Å². The summed E-state index contributed by atoms with van der Waals surface area (Å²) in [5.41, 5.74) is 1.29. The smallest absolute Gasteiger partial charge is 0.345 e. The van der Waals surface area contributed by atoms with Crippen molar-refractivity contribution in [3.05, 3.63) is 42.1 Å². The topological polar surface area (TPSA) is 39.2 Å². The first-order chi connectivity index (χ1) is 6.81. The number of carbonyl (C=O) groups excluding carboxylic acids is 1. The Balaban J connectivity index is 2.56. The van der Waals surface area contributed by atoms with Crippen LogP contribution in [0, 0.1) is 0 Å². The number of hydrogen-bond acceptors (Lipinski definition) is 3. The van der Waals surface area contributed by atoms with Crippen molar-refractivity contribution in [3.63, 3.8) is 0 Å². The lowest BCUT2D eigenvalue weighted by atomic mass is 10.2. The molecule has 1 aromatic carbocycles. The zero-order chi connectivity index (χ0) is 9.97. The van der Waals surface area contributed by atoms with Gasteiger partial charge in [-0.15, -0.1) is 0 Å². The highest BCUT2D eigenvalue weighted by atomic mass is 28.2. The molecule has 67 valence electrons. The Morgan fingerprint density at radius 2 is 2.14 bits per heavy atom. The van der Waals surface area contributed by atoms with E-state index >= 15 is 0 Å². The second-order valence-corrected chi connectivity index (χ2v) is 3.01. The summed E-state index contributed by atoms with van der Waals surface area (Å²) in [5.74, 6) is -0.445. The summed E-state index contributed by atoms with van der Waals surface area (Å²) in [7, 11) is 2.69. The van der Waals surface area contributed by atoms with Crippen LogP contribution >= 0.6 is 0 Å². The summed E-state index contributed by atoms with van der Waals surface area (Å²) < 4.78 is 4.41. The highest BCUT2D eigenvalue weighted by molar-refractivity contribution is 6.09. The molecular weight excluding hydrogens is 194 g/mol. The van der Waals surface area contributed by atoms with Gasteiger partial charge in [0.05, 0.1) is 11.1 Å². The number of benzene rings is 1. The summed E-state index contributed by atoms with van der Waals surface area (Å²) in [6.07, 6.45) is 1.49. The van der Waals surface area contributed by atoms with Crippen molar-refractivity contribution in [2.24, 2.45) is 0 Å². The van der Waals surface area contributed by atoms with E-state index in [1.54, 1.807) is 6.07 Å². The molecule has 0 amide bonds. The van der Waals surface area contributed by atoms with Gasteiger partial charge in [0.2, 0.25) is 0 Å². The van der Waals surface area contributed by atoms with Crippen LogP contribution < -0.4 is 0 Å². The molecule has 3 radical (unpaired) electrons. The number of hydrogen-bond donors (Lipinski definition) is 0. The standard InChI is InChI=1S/C10H6NO2Si/c12-10(13-14)8-5-7-3-1-2-4-9(7)11-6-8/h1-6H. The van der Waals surface area contributed by atoms with Gasteiger partial charge >= 0.3 is 16.5 Å². The van der Waals surface area contributed by atoms with Crippen LogP contribution in [-0.2, 0) is 4.43 Å². The zero-order valence-corrected chi connectivity index (χ0v) is 8.23. The molecule has 4 heteroatoms. The second-order valence-electron chi connectivity index (χ2n) is 2.81. The normalized spacial score (nSPS) is 10.1. The van der Waals surface area contributed by atoms with E-state index in [0.29, 0.717) is 5.56 Å². The minimum atomic E-state index is -0.445. The largest absolute Gasteiger partial charge is 0.513 e. The summed E-state index contributed by atoms with van der Waals surface area (Å²) in [6.45, 7) is 0. The van der Waals surface area contributed by atoms with Crippen molar-refractivity contribution in [3.8, 4) is 0 Å². The number of para-hydroxylation sites is 1. The molecule has 0 atom stereocenters. The molecular formula is C10H6NO2Si. The SMILES string of the molecule is O=C(O[Si])c1cnc2ccccc2c1. The van der Waals surface area contributed by atoms with Crippen molar-refractivity contribution >= 4 is 27.4 Å². The van der Waals surface area contributed by atoms with Gasteiger partial charge in [0.1, 0.15) is 0 Å². The molecule has 0 unspecified atom stereocenters. The molecule has 0 saturated carbocycles. The van der Waals surface area contributed by atoms with Crippen LogP contribution in [0.4, 0.5) is 0 Å². The summed E-state index contributed by atoms with van der Waals surface area (Å²) in [6, 6.07) is 9.32. The minimum Gasteiger partial charge on any atom is -0.513 e.